The Kier molecular flexibility index (Phi) is 5.66. The van der Waals surface area contributed by atoms with Crippen LogP contribution in [0.2, 0.25) is 0 Å². The van der Waals surface area contributed by atoms with Crippen LogP contribution < -0.4 is 10.5 Å². The molecule has 1 aromatic carbocycles. The molecule has 0 atom stereocenters. The smallest absolute Gasteiger partial charge is 0.396 e. The molecular formula is C12H16N2O5S. The third-order valence-corrected chi connectivity index (χ3v) is 3.34. The molecule has 8 heteroatoms. The predicted molar refractivity (Wildman–Crippen MR) is 71.2 cm³/mol. The second-order valence-electron chi connectivity index (χ2n) is 3.92. The number of carbonyl (C=O) groups excluding carboxylic acids is 2. The summed E-state index contributed by atoms with van der Waals surface area (Å²) in [5.74, 6) is -1.72. The van der Waals surface area contributed by atoms with Gasteiger partial charge in [0, 0.05) is 6.54 Å². The van der Waals surface area contributed by atoms with Crippen molar-refractivity contribution in [2.75, 3.05) is 13.2 Å². The van der Waals surface area contributed by atoms with Crippen LogP contribution in [0.4, 0.5) is 0 Å². The molecule has 0 aliphatic carbocycles. The fourth-order valence-corrected chi connectivity index (χ4v) is 1.95. The van der Waals surface area contributed by atoms with Crippen molar-refractivity contribution < 1.29 is 22.7 Å². The molecule has 0 saturated carbocycles. The van der Waals surface area contributed by atoms with Gasteiger partial charge in [-0.05, 0) is 31.0 Å². The van der Waals surface area contributed by atoms with Crippen LogP contribution in [0, 0.1) is 0 Å². The van der Waals surface area contributed by atoms with Gasteiger partial charge in [0.15, 0.2) is 0 Å². The van der Waals surface area contributed by atoms with E-state index in [1.165, 1.54) is 12.1 Å². The van der Waals surface area contributed by atoms with Crippen LogP contribution in [-0.4, -0.2) is 33.4 Å². The summed E-state index contributed by atoms with van der Waals surface area (Å²) in [6.45, 7) is 1.99. The van der Waals surface area contributed by atoms with Gasteiger partial charge in [-0.1, -0.05) is 12.1 Å². The van der Waals surface area contributed by atoms with Crippen LogP contribution in [0.25, 0.3) is 0 Å². The number of sulfonamides is 1. The second-order valence-corrected chi connectivity index (χ2v) is 5.48. The summed E-state index contributed by atoms with van der Waals surface area (Å²) in [7, 11) is -3.70. The number of primary sulfonamides is 1. The Bertz CT molecular complexity index is 580. The van der Waals surface area contributed by atoms with Crippen LogP contribution in [-0.2, 0) is 30.8 Å². The highest BCUT2D eigenvalue weighted by molar-refractivity contribution is 7.89. The van der Waals surface area contributed by atoms with Crippen LogP contribution in [0.1, 0.15) is 12.5 Å². The van der Waals surface area contributed by atoms with E-state index in [1.54, 1.807) is 19.1 Å². The maximum atomic E-state index is 11.2. The number of hydrogen-bond donors (Lipinski definition) is 2. The third kappa shape index (κ3) is 4.98. The Morgan fingerprint density at radius 1 is 1.25 bits per heavy atom. The van der Waals surface area contributed by atoms with Crippen molar-refractivity contribution in [1.82, 2.24) is 5.32 Å². The van der Waals surface area contributed by atoms with Gasteiger partial charge in [0.25, 0.3) is 0 Å². The molecule has 0 aliphatic rings. The molecule has 7 nitrogen and oxygen atoms in total. The van der Waals surface area contributed by atoms with Crippen LogP contribution in [0.5, 0.6) is 0 Å². The van der Waals surface area contributed by atoms with E-state index in [0.717, 1.165) is 5.56 Å². The van der Waals surface area contributed by atoms with Gasteiger partial charge in [0.1, 0.15) is 0 Å². The molecule has 1 amide bonds. The molecule has 0 fully saturated rings. The summed E-state index contributed by atoms with van der Waals surface area (Å²) < 4.78 is 26.6. The lowest BCUT2D eigenvalue weighted by molar-refractivity contribution is -0.154. The van der Waals surface area contributed by atoms with Crippen molar-refractivity contribution in [3.05, 3.63) is 29.8 Å². The van der Waals surface area contributed by atoms with Gasteiger partial charge in [-0.3, -0.25) is 4.79 Å². The summed E-state index contributed by atoms with van der Waals surface area (Å²) >= 11 is 0. The number of rotatable bonds is 5. The number of ether oxygens (including phenoxy) is 1. The maximum Gasteiger partial charge on any atom is 0.396 e. The number of benzene rings is 1. The molecule has 3 N–H and O–H groups in total. The molecule has 0 saturated heterocycles. The highest BCUT2D eigenvalue weighted by Gasteiger charge is 2.13. The summed E-state index contributed by atoms with van der Waals surface area (Å²) in [5.41, 5.74) is 0.807. The van der Waals surface area contributed by atoms with Crippen molar-refractivity contribution in [1.29, 1.82) is 0 Å². The fourth-order valence-electron chi connectivity index (χ4n) is 1.43. The van der Waals surface area contributed by atoms with E-state index in [2.05, 4.69) is 10.1 Å². The lowest BCUT2D eigenvalue weighted by atomic mass is 10.1. The molecule has 1 aromatic rings. The number of amides is 1. The Hall–Kier alpha value is -1.93. The number of nitrogens with two attached hydrogens (primary N) is 1. The van der Waals surface area contributed by atoms with Gasteiger partial charge in [0.2, 0.25) is 10.0 Å². The lowest BCUT2D eigenvalue weighted by Gasteiger charge is -2.05. The van der Waals surface area contributed by atoms with Crippen LogP contribution >= 0.6 is 0 Å². The quantitative estimate of drug-likeness (QED) is 0.565. The van der Waals surface area contributed by atoms with Gasteiger partial charge in [0.05, 0.1) is 11.5 Å². The molecular weight excluding hydrogens is 284 g/mol. The normalized spacial score (nSPS) is 10.9. The summed E-state index contributed by atoms with van der Waals surface area (Å²) in [5, 5.41) is 7.38. The average molecular weight is 300 g/mol. The Morgan fingerprint density at radius 2 is 1.85 bits per heavy atom. The fraction of sp³-hybridized carbons (Fsp3) is 0.333. The van der Waals surface area contributed by atoms with Gasteiger partial charge in [-0.15, -0.1) is 0 Å². The van der Waals surface area contributed by atoms with Crippen molar-refractivity contribution in [2.45, 2.75) is 18.2 Å². The Labute approximate surface area is 117 Å². The largest absolute Gasteiger partial charge is 0.459 e. The molecule has 0 aromatic heterocycles. The number of esters is 1. The summed E-state index contributed by atoms with van der Waals surface area (Å²) in [4.78, 5) is 22.3. The minimum atomic E-state index is -3.70. The summed E-state index contributed by atoms with van der Waals surface area (Å²) in [6.07, 6.45) is 0.454. The topological polar surface area (TPSA) is 116 Å². The molecule has 0 aliphatic heterocycles. The second kappa shape index (κ2) is 7.01. The molecule has 0 bridgehead atoms. The average Bonchev–Trinajstić information content (AvgIpc) is 2.38. The zero-order chi connectivity index (χ0) is 15.2. The van der Waals surface area contributed by atoms with Crippen molar-refractivity contribution >= 4 is 21.9 Å². The van der Waals surface area contributed by atoms with Crippen molar-refractivity contribution in [3.63, 3.8) is 0 Å². The van der Waals surface area contributed by atoms with E-state index in [-0.39, 0.29) is 18.0 Å². The SMILES string of the molecule is CCOC(=O)C(=O)NCCc1ccc(S(N)(=O)=O)cc1. The van der Waals surface area contributed by atoms with E-state index in [1.807, 2.05) is 0 Å². The number of nitrogens with one attached hydrogen (secondary N) is 1. The van der Waals surface area contributed by atoms with Gasteiger partial charge in [-0.2, -0.15) is 0 Å². The molecule has 0 heterocycles. The van der Waals surface area contributed by atoms with E-state index in [0.29, 0.717) is 6.42 Å². The zero-order valence-electron chi connectivity index (χ0n) is 11.0. The number of carbonyl (C=O) groups is 2. The molecule has 0 unspecified atom stereocenters. The maximum absolute atomic E-state index is 11.2. The molecule has 1 rings (SSSR count). The van der Waals surface area contributed by atoms with E-state index < -0.39 is 21.9 Å². The minimum absolute atomic E-state index is 0.0248. The Balaban J connectivity index is 2.47. The van der Waals surface area contributed by atoms with Crippen LogP contribution in [0.15, 0.2) is 29.2 Å². The van der Waals surface area contributed by atoms with Crippen molar-refractivity contribution in [3.8, 4) is 0 Å². The monoisotopic (exact) mass is 300 g/mol. The zero-order valence-corrected chi connectivity index (χ0v) is 11.8. The van der Waals surface area contributed by atoms with Gasteiger partial charge < -0.3 is 10.1 Å². The highest BCUT2D eigenvalue weighted by Crippen LogP contribution is 2.08. The molecule has 20 heavy (non-hydrogen) atoms. The van der Waals surface area contributed by atoms with Gasteiger partial charge >= 0.3 is 11.9 Å². The molecule has 0 spiro atoms. The first-order valence-electron chi connectivity index (χ1n) is 5.91. The first-order chi connectivity index (χ1) is 9.34. The van der Waals surface area contributed by atoms with E-state index >= 15 is 0 Å². The van der Waals surface area contributed by atoms with Crippen LogP contribution in [0.3, 0.4) is 0 Å². The summed E-state index contributed by atoms with van der Waals surface area (Å²) in [6, 6.07) is 5.96. The van der Waals surface area contributed by atoms with E-state index in [4.69, 9.17) is 5.14 Å². The predicted octanol–water partition coefficient (Wildman–Crippen LogP) is -0.444. The number of hydrogen-bond acceptors (Lipinski definition) is 5. The third-order valence-electron chi connectivity index (χ3n) is 2.41. The first kappa shape index (κ1) is 16.1. The Morgan fingerprint density at radius 3 is 2.35 bits per heavy atom. The van der Waals surface area contributed by atoms with Gasteiger partial charge in [-0.25, -0.2) is 18.4 Å². The lowest BCUT2D eigenvalue weighted by Crippen LogP contribution is -2.33. The molecule has 0 radical (unpaired) electrons. The molecule has 110 valence electrons. The van der Waals surface area contributed by atoms with Crippen molar-refractivity contribution in [2.24, 2.45) is 5.14 Å². The standard InChI is InChI=1S/C12H16N2O5S/c1-2-19-12(16)11(15)14-8-7-9-3-5-10(6-4-9)20(13,17)18/h3-6H,2,7-8H2,1H3,(H,14,15)(H2,13,17,18). The highest BCUT2D eigenvalue weighted by atomic mass is 32.2. The first-order valence-corrected chi connectivity index (χ1v) is 7.46. The van der Waals surface area contributed by atoms with E-state index in [9.17, 15) is 18.0 Å². The minimum Gasteiger partial charge on any atom is -0.459 e.